The lowest BCUT2D eigenvalue weighted by atomic mass is 10.2. The van der Waals surface area contributed by atoms with E-state index in [4.69, 9.17) is 11.5 Å². The summed E-state index contributed by atoms with van der Waals surface area (Å²) in [7, 11) is 0. The second-order valence-corrected chi connectivity index (χ2v) is 2.47. The van der Waals surface area contributed by atoms with E-state index in [1.165, 1.54) is 0 Å². The number of nitrogens with one attached hydrogen (secondary N) is 1. The zero-order chi connectivity index (χ0) is 9.59. The SMILES string of the molecule is Nc1nc(N)c2c(n1)C(=O)NC2=O. The molecular weight excluding hydrogens is 174 g/mol. The molecule has 0 aromatic carbocycles. The van der Waals surface area contributed by atoms with Gasteiger partial charge in [-0.2, -0.15) is 4.98 Å². The van der Waals surface area contributed by atoms with Gasteiger partial charge in [-0.1, -0.05) is 0 Å². The van der Waals surface area contributed by atoms with E-state index in [1.807, 2.05) is 5.32 Å². The highest BCUT2D eigenvalue weighted by molar-refractivity contribution is 6.22. The van der Waals surface area contributed by atoms with E-state index in [9.17, 15) is 9.59 Å². The Morgan fingerprint density at radius 1 is 1.08 bits per heavy atom. The number of carbonyl (C=O) groups excluding carboxylic acids is 2. The van der Waals surface area contributed by atoms with Crippen LogP contribution in [0.5, 0.6) is 0 Å². The highest BCUT2D eigenvalue weighted by Crippen LogP contribution is 2.18. The summed E-state index contributed by atoms with van der Waals surface area (Å²) in [5.41, 5.74) is 10.6. The average molecular weight is 179 g/mol. The maximum Gasteiger partial charge on any atom is 0.277 e. The van der Waals surface area contributed by atoms with E-state index in [1.54, 1.807) is 0 Å². The van der Waals surface area contributed by atoms with Gasteiger partial charge in [0.2, 0.25) is 5.95 Å². The lowest BCUT2D eigenvalue weighted by Gasteiger charge is -1.98. The van der Waals surface area contributed by atoms with Crippen molar-refractivity contribution in [1.29, 1.82) is 0 Å². The molecule has 0 spiro atoms. The number of anilines is 2. The standard InChI is InChI=1S/C6H5N5O2/c7-3-1-2(9-6(8)10-3)5(13)11-4(1)12/h(H,11,12,13)(H4,7,8,9,10). The van der Waals surface area contributed by atoms with Crippen molar-refractivity contribution in [2.45, 2.75) is 0 Å². The topological polar surface area (TPSA) is 124 Å². The van der Waals surface area contributed by atoms with Crippen LogP contribution in [0.4, 0.5) is 11.8 Å². The molecule has 2 amide bonds. The third-order valence-electron chi connectivity index (χ3n) is 1.62. The summed E-state index contributed by atoms with van der Waals surface area (Å²) in [4.78, 5) is 29.3. The average Bonchev–Trinajstić information content (AvgIpc) is 2.27. The molecule has 0 unspecified atom stereocenters. The molecule has 0 atom stereocenters. The van der Waals surface area contributed by atoms with Crippen LogP contribution in [0.15, 0.2) is 0 Å². The minimum atomic E-state index is -0.596. The van der Waals surface area contributed by atoms with Gasteiger partial charge >= 0.3 is 0 Å². The maximum atomic E-state index is 11.1. The smallest absolute Gasteiger partial charge is 0.277 e. The third kappa shape index (κ3) is 0.901. The molecule has 2 heterocycles. The van der Waals surface area contributed by atoms with Crippen LogP contribution >= 0.6 is 0 Å². The fourth-order valence-corrected chi connectivity index (χ4v) is 1.11. The molecule has 0 aliphatic carbocycles. The fraction of sp³-hybridized carbons (Fsp3) is 0. The monoisotopic (exact) mass is 179 g/mol. The minimum absolute atomic E-state index is 0.000741. The third-order valence-corrected chi connectivity index (χ3v) is 1.62. The quantitative estimate of drug-likeness (QED) is 0.417. The minimum Gasteiger partial charge on any atom is -0.383 e. The van der Waals surface area contributed by atoms with Crippen molar-refractivity contribution in [1.82, 2.24) is 15.3 Å². The predicted octanol–water partition coefficient (Wildman–Crippen LogP) is -1.48. The van der Waals surface area contributed by atoms with Gasteiger partial charge in [0.05, 0.1) is 0 Å². The number of fused-ring (bicyclic) bond motifs is 1. The molecule has 0 radical (unpaired) electrons. The van der Waals surface area contributed by atoms with E-state index in [0.29, 0.717) is 0 Å². The summed E-state index contributed by atoms with van der Waals surface area (Å²) < 4.78 is 0. The maximum absolute atomic E-state index is 11.1. The number of hydrogen-bond acceptors (Lipinski definition) is 6. The molecule has 7 heteroatoms. The molecule has 1 aromatic heterocycles. The molecule has 5 N–H and O–H groups in total. The summed E-state index contributed by atoms with van der Waals surface area (Å²) in [6, 6.07) is 0. The number of carbonyl (C=O) groups is 2. The van der Waals surface area contributed by atoms with Crippen LogP contribution < -0.4 is 16.8 Å². The van der Waals surface area contributed by atoms with Gasteiger partial charge in [0.25, 0.3) is 11.8 Å². The van der Waals surface area contributed by atoms with E-state index in [2.05, 4.69) is 9.97 Å². The van der Waals surface area contributed by atoms with Gasteiger partial charge in [0.15, 0.2) is 0 Å². The first-order valence-electron chi connectivity index (χ1n) is 3.38. The number of imide groups is 1. The van der Waals surface area contributed by atoms with Crippen molar-refractivity contribution in [3.05, 3.63) is 11.3 Å². The van der Waals surface area contributed by atoms with Crippen LogP contribution in [-0.4, -0.2) is 21.8 Å². The highest BCUT2D eigenvalue weighted by atomic mass is 16.2. The fourth-order valence-electron chi connectivity index (χ4n) is 1.11. The number of rotatable bonds is 0. The Bertz CT molecular complexity index is 427. The van der Waals surface area contributed by atoms with Crippen molar-refractivity contribution >= 4 is 23.6 Å². The van der Waals surface area contributed by atoms with Crippen LogP contribution in [0.2, 0.25) is 0 Å². The highest BCUT2D eigenvalue weighted by Gasteiger charge is 2.31. The Hall–Kier alpha value is -2.18. The second kappa shape index (κ2) is 2.16. The molecule has 0 saturated carbocycles. The van der Waals surface area contributed by atoms with Gasteiger partial charge in [-0.25, -0.2) is 4.98 Å². The molecule has 1 aliphatic heterocycles. The molecule has 0 bridgehead atoms. The summed E-state index contributed by atoms with van der Waals surface area (Å²) in [6.07, 6.45) is 0. The molecule has 1 aliphatic rings. The van der Waals surface area contributed by atoms with Crippen molar-refractivity contribution in [3.8, 4) is 0 Å². The number of hydrogen-bond donors (Lipinski definition) is 3. The van der Waals surface area contributed by atoms with Crippen molar-refractivity contribution in [2.75, 3.05) is 11.5 Å². The number of amides is 2. The van der Waals surface area contributed by atoms with Crippen molar-refractivity contribution in [3.63, 3.8) is 0 Å². The van der Waals surface area contributed by atoms with Gasteiger partial charge in [0.1, 0.15) is 17.1 Å². The Morgan fingerprint density at radius 2 is 1.77 bits per heavy atom. The van der Waals surface area contributed by atoms with Crippen LogP contribution in [0, 0.1) is 0 Å². The zero-order valence-electron chi connectivity index (χ0n) is 6.37. The first kappa shape index (κ1) is 7.47. The summed E-state index contributed by atoms with van der Waals surface area (Å²) in [5.74, 6) is -1.38. The Morgan fingerprint density at radius 3 is 2.46 bits per heavy atom. The zero-order valence-corrected chi connectivity index (χ0v) is 6.37. The summed E-state index contributed by atoms with van der Waals surface area (Å²) >= 11 is 0. The molecule has 0 saturated heterocycles. The molecule has 66 valence electrons. The van der Waals surface area contributed by atoms with Gasteiger partial charge in [0, 0.05) is 0 Å². The van der Waals surface area contributed by atoms with E-state index < -0.39 is 11.8 Å². The molecule has 0 fully saturated rings. The van der Waals surface area contributed by atoms with E-state index >= 15 is 0 Å². The summed E-state index contributed by atoms with van der Waals surface area (Å²) in [6.45, 7) is 0. The van der Waals surface area contributed by atoms with Crippen LogP contribution in [0.3, 0.4) is 0 Å². The molecule has 2 rings (SSSR count). The normalized spacial score (nSPS) is 14.2. The van der Waals surface area contributed by atoms with Crippen molar-refractivity contribution in [2.24, 2.45) is 0 Å². The number of aromatic nitrogens is 2. The number of nitrogens with zero attached hydrogens (tertiary/aromatic N) is 2. The Labute approximate surface area is 72.1 Å². The summed E-state index contributed by atoms with van der Waals surface area (Å²) in [5, 5.41) is 2.03. The van der Waals surface area contributed by atoms with Gasteiger partial charge in [-0.05, 0) is 0 Å². The van der Waals surface area contributed by atoms with Gasteiger partial charge in [-0.3, -0.25) is 14.9 Å². The van der Waals surface area contributed by atoms with Crippen molar-refractivity contribution < 1.29 is 9.59 Å². The molecule has 1 aromatic rings. The molecule has 13 heavy (non-hydrogen) atoms. The lowest BCUT2D eigenvalue weighted by Crippen LogP contribution is -2.20. The number of nitrogen functional groups attached to an aromatic ring is 2. The van der Waals surface area contributed by atoms with Crippen LogP contribution in [0.25, 0.3) is 0 Å². The Balaban J connectivity index is 2.77. The largest absolute Gasteiger partial charge is 0.383 e. The predicted molar refractivity (Wildman–Crippen MR) is 42.7 cm³/mol. The Kier molecular flexibility index (Phi) is 1.24. The van der Waals surface area contributed by atoms with Crippen LogP contribution in [0.1, 0.15) is 20.8 Å². The van der Waals surface area contributed by atoms with Gasteiger partial charge < -0.3 is 11.5 Å². The van der Waals surface area contributed by atoms with Crippen LogP contribution in [-0.2, 0) is 0 Å². The lowest BCUT2D eigenvalue weighted by molar-refractivity contribution is 0.0878. The van der Waals surface area contributed by atoms with Gasteiger partial charge in [-0.15, -0.1) is 0 Å². The number of nitrogens with two attached hydrogens (primary N) is 2. The second-order valence-electron chi connectivity index (χ2n) is 2.47. The first-order chi connectivity index (χ1) is 6.09. The molecule has 7 nitrogen and oxygen atoms in total. The van der Waals surface area contributed by atoms with E-state index in [-0.39, 0.29) is 23.0 Å². The molecular formula is C6H5N5O2. The van der Waals surface area contributed by atoms with E-state index in [0.717, 1.165) is 0 Å². The first-order valence-corrected chi connectivity index (χ1v) is 3.38.